The summed E-state index contributed by atoms with van der Waals surface area (Å²) in [6, 6.07) is 7.94. The van der Waals surface area contributed by atoms with Crippen LogP contribution in [-0.4, -0.2) is 38.6 Å². The fourth-order valence-corrected chi connectivity index (χ4v) is 2.49. The third-order valence-corrected chi connectivity index (χ3v) is 3.78. The number of ether oxygens (including phenoxy) is 1. The molecule has 21 heavy (non-hydrogen) atoms. The number of anilines is 1. The zero-order valence-corrected chi connectivity index (χ0v) is 12.6. The Balaban J connectivity index is 1.98. The Morgan fingerprint density at radius 3 is 2.71 bits per heavy atom. The molecule has 1 saturated heterocycles. The summed E-state index contributed by atoms with van der Waals surface area (Å²) in [6.07, 6.45) is 1.53. The molecule has 1 aliphatic heterocycles. The van der Waals surface area contributed by atoms with Crippen LogP contribution in [0.2, 0.25) is 0 Å². The van der Waals surface area contributed by atoms with E-state index in [1.54, 1.807) is 12.0 Å². The number of benzene rings is 1. The van der Waals surface area contributed by atoms with Crippen molar-refractivity contribution in [3.05, 3.63) is 29.8 Å². The number of hydrogen-bond acceptors (Lipinski definition) is 3. The van der Waals surface area contributed by atoms with E-state index in [0.717, 1.165) is 12.1 Å². The molecule has 2 amide bonds. The fraction of sp³-hybridized carbons (Fsp3) is 0.500. The second kappa shape index (κ2) is 7.22. The fourth-order valence-electron chi connectivity index (χ4n) is 2.49. The smallest absolute Gasteiger partial charge is 0.239 e. The second-order valence-electron chi connectivity index (χ2n) is 5.13. The minimum absolute atomic E-state index is 0.117. The Labute approximate surface area is 125 Å². The van der Waals surface area contributed by atoms with Crippen molar-refractivity contribution in [1.29, 1.82) is 0 Å². The van der Waals surface area contributed by atoms with E-state index in [1.807, 2.05) is 24.3 Å². The van der Waals surface area contributed by atoms with Crippen molar-refractivity contribution in [1.82, 2.24) is 5.32 Å². The van der Waals surface area contributed by atoms with Gasteiger partial charge in [0.25, 0.3) is 0 Å². The van der Waals surface area contributed by atoms with Gasteiger partial charge in [0.05, 0.1) is 6.61 Å². The number of carbonyl (C=O) groups is 2. The summed E-state index contributed by atoms with van der Waals surface area (Å²) in [4.78, 5) is 26.1. The molecule has 0 aliphatic carbocycles. The first kappa shape index (κ1) is 15.5. The quantitative estimate of drug-likeness (QED) is 0.636. The molecular weight excluding hydrogens is 268 g/mol. The molecule has 0 radical (unpaired) electrons. The van der Waals surface area contributed by atoms with Crippen LogP contribution in [0.25, 0.3) is 0 Å². The van der Waals surface area contributed by atoms with Crippen molar-refractivity contribution < 1.29 is 14.3 Å². The minimum atomic E-state index is -0.576. The van der Waals surface area contributed by atoms with Gasteiger partial charge in [0.2, 0.25) is 11.8 Å². The predicted octanol–water partition coefficient (Wildman–Crippen LogP) is 1.36. The van der Waals surface area contributed by atoms with Crippen molar-refractivity contribution >= 4 is 17.5 Å². The van der Waals surface area contributed by atoms with Crippen molar-refractivity contribution in [2.75, 3.05) is 31.7 Å². The molecule has 0 aromatic heterocycles. The third-order valence-electron chi connectivity index (χ3n) is 3.78. The lowest BCUT2D eigenvalue weighted by Gasteiger charge is -2.17. The molecule has 1 heterocycles. The standard InChI is InChI=1S/C16H22N2O3/c1-3-12-4-6-13(7-5-12)18-10-8-14(16(18)20)15(19)17-9-11-21-2/h4-7,14H,3,8-11H2,1-2H3,(H,17,19)/t14-/m0/s1. The number of methoxy groups -OCH3 is 1. The van der Waals surface area contributed by atoms with Crippen molar-refractivity contribution in [2.45, 2.75) is 19.8 Å². The normalized spacial score (nSPS) is 18.1. The highest BCUT2D eigenvalue weighted by atomic mass is 16.5. The van der Waals surface area contributed by atoms with Crippen molar-refractivity contribution in [3.63, 3.8) is 0 Å². The Hall–Kier alpha value is -1.88. The van der Waals surface area contributed by atoms with Gasteiger partial charge in [0.15, 0.2) is 0 Å². The summed E-state index contributed by atoms with van der Waals surface area (Å²) in [5.41, 5.74) is 2.10. The number of nitrogens with one attached hydrogen (secondary N) is 1. The number of hydrogen-bond donors (Lipinski definition) is 1. The van der Waals surface area contributed by atoms with Crippen LogP contribution in [0.5, 0.6) is 0 Å². The zero-order valence-electron chi connectivity index (χ0n) is 12.6. The summed E-state index contributed by atoms with van der Waals surface area (Å²) in [5, 5.41) is 2.73. The van der Waals surface area contributed by atoms with Gasteiger partial charge in [-0.1, -0.05) is 19.1 Å². The molecule has 1 fully saturated rings. The highest BCUT2D eigenvalue weighted by Crippen LogP contribution is 2.25. The molecule has 0 unspecified atom stereocenters. The SMILES string of the molecule is CCc1ccc(N2CC[C@@H](C(=O)NCCOC)C2=O)cc1. The van der Waals surface area contributed by atoms with E-state index in [-0.39, 0.29) is 11.8 Å². The van der Waals surface area contributed by atoms with Crippen molar-refractivity contribution in [2.24, 2.45) is 5.92 Å². The monoisotopic (exact) mass is 290 g/mol. The number of rotatable bonds is 6. The molecule has 1 atom stereocenters. The van der Waals surface area contributed by atoms with Crippen LogP contribution in [0.1, 0.15) is 18.9 Å². The van der Waals surface area contributed by atoms with Gasteiger partial charge >= 0.3 is 0 Å². The molecule has 5 nitrogen and oxygen atoms in total. The first-order valence-electron chi connectivity index (χ1n) is 7.34. The van der Waals surface area contributed by atoms with E-state index >= 15 is 0 Å². The van der Waals surface area contributed by atoms with Crippen molar-refractivity contribution in [3.8, 4) is 0 Å². The number of nitrogens with zero attached hydrogens (tertiary/aromatic N) is 1. The first-order chi connectivity index (χ1) is 10.2. The average Bonchev–Trinajstić information content (AvgIpc) is 2.89. The molecule has 5 heteroatoms. The van der Waals surface area contributed by atoms with Crippen LogP contribution in [0.15, 0.2) is 24.3 Å². The maximum Gasteiger partial charge on any atom is 0.239 e. The zero-order chi connectivity index (χ0) is 15.2. The summed E-state index contributed by atoms with van der Waals surface area (Å²) >= 11 is 0. The van der Waals surface area contributed by atoms with Crippen LogP contribution in [0, 0.1) is 5.92 Å². The van der Waals surface area contributed by atoms with Gasteiger partial charge in [0.1, 0.15) is 5.92 Å². The Kier molecular flexibility index (Phi) is 5.33. The van der Waals surface area contributed by atoms with E-state index < -0.39 is 5.92 Å². The number of aryl methyl sites for hydroxylation is 1. The Morgan fingerprint density at radius 2 is 2.10 bits per heavy atom. The molecule has 1 aromatic carbocycles. The van der Waals surface area contributed by atoms with E-state index in [1.165, 1.54) is 5.56 Å². The molecule has 114 valence electrons. The topological polar surface area (TPSA) is 58.6 Å². The van der Waals surface area contributed by atoms with E-state index in [2.05, 4.69) is 12.2 Å². The molecule has 1 aliphatic rings. The van der Waals surface area contributed by atoms with Crippen LogP contribution in [0.3, 0.4) is 0 Å². The summed E-state index contributed by atoms with van der Waals surface area (Å²) in [6.45, 7) is 3.57. The first-order valence-corrected chi connectivity index (χ1v) is 7.34. The van der Waals surface area contributed by atoms with E-state index in [4.69, 9.17) is 4.74 Å². The van der Waals surface area contributed by atoms with Crippen LogP contribution in [-0.2, 0) is 20.7 Å². The Morgan fingerprint density at radius 1 is 1.38 bits per heavy atom. The highest BCUT2D eigenvalue weighted by Gasteiger charge is 2.37. The summed E-state index contributed by atoms with van der Waals surface area (Å²) < 4.78 is 4.88. The average molecular weight is 290 g/mol. The van der Waals surface area contributed by atoms with Gasteiger partial charge in [-0.2, -0.15) is 0 Å². The largest absolute Gasteiger partial charge is 0.383 e. The van der Waals surface area contributed by atoms with Gasteiger partial charge in [-0.25, -0.2) is 0 Å². The maximum atomic E-state index is 12.4. The third kappa shape index (κ3) is 3.61. The molecule has 0 saturated carbocycles. The van der Waals surface area contributed by atoms with Gasteiger partial charge in [0, 0.05) is 25.9 Å². The highest BCUT2D eigenvalue weighted by molar-refractivity contribution is 6.09. The number of carbonyl (C=O) groups excluding carboxylic acids is 2. The van der Waals surface area contributed by atoms with Gasteiger partial charge in [-0.3, -0.25) is 9.59 Å². The van der Waals surface area contributed by atoms with E-state index in [9.17, 15) is 9.59 Å². The van der Waals surface area contributed by atoms with Gasteiger partial charge < -0.3 is 15.0 Å². The molecule has 0 spiro atoms. The second-order valence-corrected chi connectivity index (χ2v) is 5.13. The molecule has 1 aromatic rings. The lowest BCUT2D eigenvalue weighted by atomic mass is 10.1. The Bertz CT molecular complexity index is 499. The lowest BCUT2D eigenvalue weighted by molar-refractivity contribution is -0.132. The maximum absolute atomic E-state index is 12.4. The van der Waals surface area contributed by atoms with Gasteiger partial charge in [-0.05, 0) is 30.5 Å². The van der Waals surface area contributed by atoms with Crippen LogP contribution in [0.4, 0.5) is 5.69 Å². The molecule has 1 N–H and O–H groups in total. The minimum Gasteiger partial charge on any atom is -0.383 e. The molecule has 2 rings (SSSR count). The van der Waals surface area contributed by atoms with Crippen LogP contribution < -0.4 is 10.2 Å². The molecule has 0 bridgehead atoms. The number of amides is 2. The summed E-state index contributed by atoms with van der Waals surface area (Å²) in [7, 11) is 1.58. The van der Waals surface area contributed by atoms with Gasteiger partial charge in [-0.15, -0.1) is 0 Å². The van der Waals surface area contributed by atoms with E-state index in [0.29, 0.717) is 26.1 Å². The summed E-state index contributed by atoms with van der Waals surface area (Å²) in [5.74, 6) is -0.897. The lowest BCUT2D eigenvalue weighted by Crippen LogP contribution is -2.38. The van der Waals surface area contributed by atoms with Crippen LogP contribution >= 0.6 is 0 Å². The predicted molar refractivity (Wildman–Crippen MR) is 81.2 cm³/mol. The molecular formula is C16H22N2O3.